The van der Waals surface area contributed by atoms with E-state index in [1.54, 1.807) is 30.7 Å². The molecule has 4 heteroatoms. The van der Waals surface area contributed by atoms with Gasteiger partial charge in [0.2, 0.25) is 0 Å². The minimum Gasteiger partial charge on any atom is -0.465 e. The summed E-state index contributed by atoms with van der Waals surface area (Å²) < 4.78 is 4.71. The van der Waals surface area contributed by atoms with Gasteiger partial charge in [-0.2, -0.15) is 0 Å². The Labute approximate surface area is 105 Å². The fraction of sp³-hybridized carbons (Fsp3) is 0.0714. The maximum atomic E-state index is 11.5. The zero-order chi connectivity index (χ0) is 13.0. The summed E-state index contributed by atoms with van der Waals surface area (Å²) in [6, 6.07) is 5.35. The third-order valence-electron chi connectivity index (χ3n) is 2.54. The first kappa shape index (κ1) is 12.0. The van der Waals surface area contributed by atoms with E-state index in [-0.39, 0.29) is 5.97 Å². The van der Waals surface area contributed by atoms with Crippen molar-refractivity contribution < 1.29 is 9.53 Å². The maximum absolute atomic E-state index is 11.5. The monoisotopic (exact) mass is 240 g/mol. The van der Waals surface area contributed by atoms with Crippen molar-refractivity contribution in [2.45, 2.75) is 0 Å². The average Bonchev–Trinajstić information content (AvgIpc) is 2.46. The Bertz CT molecular complexity index is 580. The number of aromatic nitrogens is 2. The van der Waals surface area contributed by atoms with E-state index in [9.17, 15) is 4.79 Å². The van der Waals surface area contributed by atoms with Crippen LogP contribution >= 0.6 is 0 Å². The van der Waals surface area contributed by atoms with E-state index in [1.807, 2.05) is 12.1 Å². The van der Waals surface area contributed by atoms with Gasteiger partial charge in [0.15, 0.2) is 0 Å². The van der Waals surface area contributed by atoms with Crippen LogP contribution in [0.25, 0.3) is 17.3 Å². The van der Waals surface area contributed by atoms with Crippen LogP contribution in [0, 0.1) is 0 Å². The topological polar surface area (TPSA) is 52.1 Å². The number of carbonyl (C=O) groups is 1. The molecule has 0 bridgehead atoms. The minimum atomic E-state index is -0.379. The molecule has 0 aliphatic heterocycles. The van der Waals surface area contributed by atoms with Gasteiger partial charge >= 0.3 is 5.97 Å². The smallest absolute Gasteiger partial charge is 0.338 e. The molecular formula is C14H12N2O2. The van der Waals surface area contributed by atoms with Crippen LogP contribution in [0.5, 0.6) is 0 Å². The Kier molecular flexibility index (Phi) is 3.48. The highest BCUT2D eigenvalue weighted by molar-refractivity contribution is 5.94. The second kappa shape index (κ2) is 5.23. The van der Waals surface area contributed by atoms with Crippen LogP contribution < -0.4 is 0 Å². The van der Waals surface area contributed by atoms with E-state index in [1.165, 1.54) is 7.11 Å². The third kappa shape index (κ3) is 2.27. The van der Waals surface area contributed by atoms with Crippen molar-refractivity contribution in [1.82, 2.24) is 9.97 Å². The van der Waals surface area contributed by atoms with Crippen LogP contribution in [0.4, 0.5) is 0 Å². The fourth-order valence-corrected chi connectivity index (χ4v) is 1.63. The number of esters is 1. The lowest BCUT2D eigenvalue weighted by molar-refractivity contribution is 0.0600. The number of methoxy groups -OCH3 is 1. The van der Waals surface area contributed by atoms with Crippen molar-refractivity contribution in [3.63, 3.8) is 0 Å². The number of carbonyl (C=O) groups excluding carboxylic acids is 1. The van der Waals surface area contributed by atoms with Gasteiger partial charge in [-0.3, -0.25) is 9.97 Å². The van der Waals surface area contributed by atoms with Crippen LogP contribution in [0.3, 0.4) is 0 Å². The average molecular weight is 240 g/mol. The lowest BCUT2D eigenvalue weighted by atomic mass is 10.0. The Morgan fingerprint density at radius 1 is 1.39 bits per heavy atom. The standard InChI is InChI=1S/C14H12N2O2/c1-3-10-8-11(13-9-15-6-7-16-13)4-5-12(10)14(17)18-2/h3-9H,1H2,2H3. The maximum Gasteiger partial charge on any atom is 0.338 e. The largest absolute Gasteiger partial charge is 0.465 e. The lowest BCUT2D eigenvalue weighted by Gasteiger charge is -2.06. The van der Waals surface area contributed by atoms with Gasteiger partial charge in [-0.1, -0.05) is 18.7 Å². The summed E-state index contributed by atoms with van der Waals surface area (Å²) in [6.07, 6.45) is 6.52. The molecule has 0 spiro atoms. The molecule has 0 amide bonds. The molecule has 0 unspecified atom stereocenters. The first-order chi connectivity index (χ1) is 8.76. The van der Waals surface area contributed by atoms with E-state index >= 15 is 0 Å². The normalized spacial score (nSPS) is 9.83. The number of hydrogen-bond acceptors (Lipinski definition) is 4. The summed E-state index contributed by atoms with van der Waals surface area (Å²) in [6.45, 7) is 3.70. The Morgan fingerprint density at radius 2 is 2.22 bits per heavy atom. The molecule has 0 saturated carbocycles. The SMILES string of the molecule is C=Cc1cc(-c2cnccn2)ccc1C(=O)OC. The van der Waals surface area contributed by atoms with Crippen LogP contribution in [-0.2, 0) is 4.74 Å². The highest BCUT2D eigenvalue weighted by atomic mass is 16.5. The Morgan fingerprint density at radius 3 is 2.83 bits per heavy atom. The van der Waals surface area contributed by atoms with Gasteiger partial charge in [0, 0.05) is 18.0 Å². The third-order valence-corrected chi connectivity index (χ3v) is 2.54. The molecule has 2 aromatic rings. The molecule has 90 valence electrons. The molecule has 0 saturated heterocycles. The molecule has 18 heavy (non-hydrogen) atoms. The van der Waals surface area contributed by atoms with E-state index in [2.05, 4.69) is 16.5 Å². The molecular weight excluding hydrogens is 228 g/mol. The predicted molar refractivity (Wildman–Crippen MR) is 68.9 cm³/mol. The number of benzene rings is 1. The second-order valence-corrected chi connectivity index (χ2v) is 3.59. The highest BCUT2D eigenvalue weighted by Gasteiger charge is 2.11. The highest BCUT2D eigenvalue weighted by Crippen LogP contribution is 2.21. The molecule has 0 fully saturated rings. The van der Waals surface area contributed by atoms with Gasteiger partial charge in [0.25, 0.3) is 0 Å². The molecule has 1 aromatic carbocycles. The zero-order valence-electron chi connectivity index (χ0n) is 9.96. The molecule has 0 atom stereocenters. The van der Waals surface area contributed by atoms with Gasteiger partial charge in [-0.25, -0.2) is 4.79 Å². The Hall–Kier alpha value is -2.49. The van der Waals surface area contributed by atoms with E-state index in [0.717, 1.165) is 11.3 Å². The number of nitrogens with zero attached hydrogens (tertiary/aromatic N) is 2. The molecule has 1 heterocycles. The van der Waals surface area contributed by atoms with Gasteiger partial charge in [0.1, 0.15) is 0 Å². The van der Waals surface area contributed by atoms with Crippen molar-refractivity contribution in [2.24, 2.45) is 0 Å². The number of ether oxygens (including phenoxy) is 1. The van der Waals surface area contributed by atoms with Gasteiger partial charge in [0.05, 0.1) is 24.6 Å². The first-order valence-electron chi connectivity index (χ1n) is 5.37. The molecule has 0 aliphatic carbocycles. The molecule has 0 aliphatic rings. The second-order valence-electron chi connectivity index (χ2n) is 3.59. The number of hydrogen-bond donors (Lipinski definition) is 0. The van der Waals surface area contributed by atoms with Crippen LogP contribution in [0.2, 0.25) is 0 Å². The van der Waals surface area contributed by atoms with Crippen molar-refractivity contribution in [1.29, 1.82) is 0 Å². The quantitative estimate of drug-likeness (QED) is 0.774. The molecule has 2 rings (SSSR count). The van der Waals surface area contributed by atoms with Gasteiger partial charge in [-0.05, 0) is 17.7 Å². The molecule has 1 aromatic heterocycles. The molecule has 4 nitrogen and oxygen atoms in total. The molecule has 0 N–H and O–H groups in total. The van der Waals surface area contributed by atoms with Crippen molar-refractivity contribution in [2.75, 3.05) is 7.11 Å². The summed E-state index contributed by atoms with van der Waals surface area (Å²) in [7, 11) is 1.35. The van der Waals surface area contributed by atoms with E-state index in [0.29, 0.717) is 11.1 Å². The molecule has 0 radical (unpaired) electrons. The van der Waals surface area contributed by atoms with Gasteiger partial charge in [-0.15, -0.1) is 0 Å². The Balaban J connectivity index is 2.49. The zero-order valence-corrected chi connectivity index (χ0v) is 9.96. The number of rotatable bonds is 3. The summed E-state index contributed by atoms with van der Waals surface area (Å²) in [5, 5.41) is 0. The minimum absolute atomic E-state index is 0.379. The van der Waals surface area contributed by atoms with Crippen LogP contribution in [0.1, 0.15) is 15.9 Å². The summed E-state index contributed by atoms with van der Waals surface area (Å²) in [4.78, 5) is 19.8. The van der Waals surface area contributed by atoms with Crippen molar-refractivity contribution in [3.8, 4) is 11.3 Å². The predicted octanol–water partition coefficient (Wildman–Crippen LogP) is 2.57. The first-order valence-corrected chi connectivity index (χ1v) is 5.37. The summed E-state index contributed by atoms with van der Waals surface area (Å²) in [5.41, 5.74) is 2.83. The van der Waals surface area contributed by atoms with Crippen LogP contribution in [0.15, 0.2) is 43.4 Å². The summed E-state index contributed by atoms with van der Waals surface area (Å²) in [5.74, 6) is -0.379. The van der Waals surface area contributed by atoms with Crippen LogP contribution in [-0.4, -0.2) is 23.0 Å². The van der Waals surface area contributed by atoms with E-state index in [4.69, 9.17) is 4.74 Å². The fourth-order valence-electron chi connectivity index (χ4n) is 1.63. The summed E-state index contributed by atoms with van der Waals surface area (Å²) >= 11 is 0. The van der Waals surface area contributed by atoms with E-state index < -0.39 is 0 Å². The van der Waals surface area contributed by atoms with Crippen molar-refractivity contribution in [3.05, 3.63) is 54.5 Å². The lowest BCUT2D eigenvalue weighted by Crippen LogP contribution is -2.03. The van der Waals surface area contributed by atoms with Gasteiger partial charge < -0.3 is 4.74 Å². The van der Waals surface area contributed by atoms with Crippen molar-refractivity contribution >= 4 is 12.0 Å².